The number of nitrogens with one attached hydrogen (secondary N) is 1. The van der Waals surface area contributed by atoms with Crippen molar-refractivity contribution in [2.75, 3.05) is 45.2 Å². The van der Waals surface area contributed by atoms with Crippen molar-refractivity contribution >= 4 is 17.0 Å². The number of likely N-dealkylation sites (N-methyl/N-ethyl adjacent to an activating group) is 1. The van der Waals surface area contributed by atoms with Crippen LogP contribution in [0, 0.1) is 0 Å². The van der Waals surface area contributed by atoms with E-state index >= 15 is 0 Å². The van der Waals surface area contributed by atoms with Crippen LogP contribution in [0.3, 0.4) is 0 Å². The summed E-state index contributed by atoms with van der Waals surface area (Å²) in [7, 11) is 3.62. The lowest BCUT2D eigenvalue weighted by atomic mass is 10.3. The zero-order valence-corrected chi connectivity index (χ0v) is 15.2. The summed E-state index contributed by atoms with van der Waals surface area (Å²) < 4.78 is 6.18. The first-order valence-electron chi connectivity index (χ1n) is 8.67. The molecule has 0 saturated carbocycles. The number of piperazine rings is 1. The van der Waals surface area contributed by atoms with Crippen LogP contribution >= 0.6 is 0 Å². The molecule has 1 aliphatic heterocycles. The maximum absolute atomic E-state index is 12.8. The average molecular weight is 368 g/mol. The molecule has 3 heterocycles. The van der Waals surface area contributed by atoms with E-state index in [1.165, 1.54) is 6.20 Å². The fourth-order valence-corrected chi connectivity index (χ4v) is 3.12. The highest BCUT2D eigenvalue weighted by atomic mass is 16.5. The summed E-state index contributed by atoms with van der Waals surface area (Å²) >= 11 is 0. The minimum absolute atomic E-state index is 0.249. The third kappa shape index (κ3) is 3.17. The molecule has 2 aromatic heterocycles. The van der Waals surface area contributed by atoms with E-state index in [0.29, 0.717) is 17.4 Å². The number of H-pyrrole nitrogens is 1. The Labute approximate surface area is 154 Å². The minimum Gasteiger partial charge on any atom is -0.497 e. The molecule has 1 aromatic carbocycles. The second-order valence-corrected chi connectivity index (χ2v) is 6.49. The van der Waals surface area contributed by atoms with E-state index in [2.05, 4.69) is 26.9 Å². The van der Waals surface area contributed by atoms with Crippen LogP contribution in [0.5, 0.6) is 5.75 Å². The van der Waals surface area contributed by atoms with Gasteiger partial charge in [-0.25, -0.2) is 14.3 Å². The zero-order valence-electron chi connectivity index (χ0n) is 15.2. The van der Waals surface area contributed by atoms with Crippen LogP contribution in [0.2, 0.25) is 0 Å². The normalized spacial score (nSPS) is 15.3. The third-order valence-corrected chi connectivity index (χ3v) is 4.75. The largest absolute Gasteiger partial charge is 0.497 e. The smallest absolute Gasteiger partial charge is 0.334 e. The number of benzene rings is 1. The monoisotopic (exact) mass is 368 g/mol. The van der Waals surface area contributed by atoms with Crippen molar-refractivity contribution in [1.29, 1.82) is 0 Å². The lowest BCUT2D eigenvalue weighted by Gasteiger charge is -2.32. The first kappa shape index (κ1) is 17.2. The van der Waals surface area contributed by atoms with Crippen molar-refractivity contribution in [2.24, 2.45) is 0 Å². The molecule has 4 rings (SSSR count). The number of methoxy groups -OCH3 is 1. The molecule has 1 saturated heterocycles. The SMILES string of the molecule is COc1ccc(-n2c(=O)[nH]c3nc(N4CCN(C)CC4)ncc3c2=O)cc1. The molecule has 0 radical (unpaired) electrons. The molecule has 0 atom stereocenters. The number of ether oxygens (including phenoxy) is 1. The van der Waals surface area contributed by atoms with E-state index in [1.54, 1.807) is 31.4 Å². The van der Waals surface area contributed by atoms with Crippen LogP contribution in [-0.2, 0) is 0 Å². The highest BCUT2D eigenvalue weighted by molar-refractivity contribution is 5.73. The summed E-state index contributed by atoms with van der Waals surface area (Å²) in [6, 6.07) is 6.69. The topological polar surface area (TPSA) is 96.3 Å². The van der Waals surface area contributed by atoms with Crippen LogP contribution in [0.15, 0.2) is 40.1 Å². The fraction of sp³-hybridized carbons (Fsp3) is 0.333. The third-order valence-electron chi connectivity index (χ3n) is 4.75. The molecule has 0 amide bonds. The molecule has 1 fully saturated rings. The molecule has 27 heavy (non-hydrogen) atoms. The summed E-state index contributed by atoms with van der Waals surface area (Å²) in [6.45, 7) is 3.43. The first-order chi connectivity index (χ1) is 13.1. The van der Waals surface area contributed by atoms with Gasteiger partial charge in [0, 0.05) is 32.4 Å². The highest BCUT2D eigenvalue weighted by Crippen LogP contribution is 2.15. The number of fused-ring (bicyclic) bond motifs is 1. The molecule has 140 valence electrons. The van der Waals surface area contributed by atoms with Crippen molar-refractivity contribution in [3.05, 3.63) is 51.3 Å². The van der Waals surface area contributed by atoms with E-state index in [0.717, 1.165) is 30.7 Å². The maximum atomic E-state index is 12.8. The van der Waals surface area contributed by atoms with Gasteiger partial charge in [0.1, 0.15) is 11.1 Å². The van der Waals surface area contributed by atoms with Gasteiger partial charge in [0.05, 0.1) is 12.8 Å². The molecule has 9 nitrogen and oxygen atoms in total. The van der Waals surface area contributed by atoms with Gasteiger partial charge in [0.15, 0.2) is 5.65 Å². The second-order valence-electron chi connectivity index (χ2n) is 6.49. The van der Waals surface area contributed by atoms with Crippen LogP contribution in [0.4, 0.5) is 5.95 Å². The quantitative estimate of drug-likeness (QED) is 0.707. The van der Waals surface area contributed by atoms with Crippen LogP contribution < -0.4 is 20.9 Å². The van der Waals surface area contributed by atoms with Crippen LogP contribution in [-0.4, -0.2) is 64.8 Å². The number of aromatic amines is 1. The van der Waals surface area contributed by atoms with Gasteiger partial charge in [-0.3, -0.25) is 9.78 Å². The van der Waals surface area contributed by atoms with Gasteiger partial charge < -0.3 is 14.5 Å². The molecule has 1 N–H and O–H groups in total. The molecule has 9 heteroatoms. The Morgan fingerprint density at radius 2 is 1.78 bits per heavy atom. The number of hydrogen-bond acceptors (Lipinski definition) is 7. The number of aromatic nitrogens is 4. The Kier molecular flexibility index (Phi) is 4.36. The molecule has 0 spiro atoms. The van der Waals surface area contributed by atoms with E-state index in [9.17, 15) is 9.59 Å². The number of hydrogen-bond donors (Lipinski definition) is 1. The van der Waals surface area contributed by atoms with Gasteiger partial charge in [0.2, 0.25) is 5.95 Å². The highest BCUT2D eigenvalue weighted by Gasteiger charge is 2.18. The maximum Gasteiger partial charge on any atom is 0.334 e. The minimum atomic E-state index is -0.541. The van der Waals surface area contributed by atoms with Gasteiger partial charge in [-0.2, -0.15) is 4.98 Å². The number of rotatable bonds is 3. The first-order valence-corrected chi connectivity index (χ1v) is 8.67. The van der Waals surface area contributed by atoms with Gasteiger partial charge >= 0.3 is 5.69 Å². The molecule has 0 bridgehead atoms. The summed E-state index contributed by atoms with van der Waals surface area (Å²) in [6.07, 6.45) is 1.48. The lowest BCUT2D eigenvalue weighted by molar-refractivity contribution is 0.311. The second kappa shape index (κ2) is 6.84. The summed E-state index contributed by atoms with van der Waals surface area (Å²) in [5.41, 5.74) is -0.296. The van der Waals surface area contributed by atoms with Crippen molar-refractivity contribution < 1.29 is 4.74 Å². The average Bonchev–Trinajstić information content (AvgIpc) is 2.68. The summed E-state index contributed by atoms with van der Waals surface area (Å²) in [4.78, 5) is 41.1. The molecule has 1 aliphatic rings. The van der Waals surface area contributed by atoms with Gasteiger partial charge in [-0.05, 0) is 31.3 Å². The van der Waals surface area contributed by atoms with Crippen molar-refractivity contribution in [1.82, 2.24) is 24.4 Å². The Balaban J connectivity index is 1.77. The predicted octanol–water partition coefficient (Wildman–Crippen LogP) is 0.229. The standard InChI is InChI=1S/C18H20N6O3/c1-22-7-9-23(10-8-22)17-19-11-14-15(20-17)21-18(26)24(16(14)25)12-3-5-13(27-2)6-4-12/h3-6,11H,7-10H2,1-2H3,(H,19,20,21,26). The van der Waals surface area contributed by atoms with E-state index in [1.807, 2.05) is 4.90 Å². The van der Waals surface area contributed by atoms with Crippen molar-refractivity contribution in [3.63, 3.8) is 0 Å². The van der Waals surface area contributed by atoms with Crippen molar-refractivity contribution in [3.8, 4) is 11.4 Å². The number of anilines is 1. The molecule has 3 aromatic rings. The Hall–Kier alpha value is -3.20. The fourth-order valence-electron chi connectivity index (χ4n) is 3.12. The van der Waals surface area contributed by atoms with Gasteiger partial charge in [0.25, 0.3) is 5.56 Å². The summed E-state index contributed by atoms with van der Waals surface area (Å²) in [5.74, 6) is 1.16. The van der Waals surface area contributed by atoms with Crippen molar-refractivity contribution in [2.45, 2.75) is 0 Å². The Morgan fingerprint density at radius 3 is 2.44 bits per heavy atom. The van der Waals surface area contributed by atoms with Gasteiger partial charge in [-0.15, -0.1) is 0 Å². The molecular formula is C18H20N6O3. The summed E-state index contributed by atoms with van der Waals surface area (Å²) in [5, 5.41) is 0.267. The lowest BCUT2D eigenvalue weighted by Crippen LogP contribution is -2.45. The molecular weight excluding hydrogens is 348 g/mol. The van der Waals surface area contributed by atoms with E-state index in [-0.39, 0.29) is 11.0 Å². The van der Waals surface area contributed by atoms with Crippen LogP contribution in [0.25, 0.3) is 16.7 Å². The van der Waals surface area contributed by atoms with E-state index < -0.39 is 11.2 Å². The zero-order chi connectivity index (χ0) is 19.0. The molecule has 0 unspecified atom stereocenters. The Bertz CT molecular complexity index is 1080. The Morgan fingerprint density at radius 1 is 1.07 bits per heavy atom. The molecule has 0 aliphatic carbocycles. The predicted molar refractivity (Wildman–Crippen MR) is 102 cm³/mol. The van der Waals surface area contributed by atoms with E-state index in [4.69, 9.17) is 4.74 Å². The van der Waals surface area contributed by atoms with Crippen LogP contribution in [0.1, 0.15) is 0 Å². The number of nitrogens with zero attached hydrogens (tertiary/aromatic N) is 5. The van der Waals surface area contributed by atoms with Gasteiger partial charge in [-0.1, -0.05) is 0 Å².